The van der Waals surface area contributed by atoms with E-state index in [0.29, 0.717) is 19.8 Å². The van der Waals surface area contributed by atoms with Gasteiger partial charge in [0.05, 0.1) is 11.6 Å². The van der Waals surface area contributed by atoms with Gasteiger partial charge in [0, 0.05) is 19.3 Å². The van der Waals surface area contributed by atoms with E-state index >= 15 is 0 Å². The van der Waals surface area contributed by atoms with Gasteiger partial charge in [0.25, 0.3) is 0 Å². The molecular weight excluding hydrogens is 299 g/mol. The molecule has 1 fully saturated rings. The summed E-state index contributed by atoms with van der Waals surface area (Å²) >= 11 is 11.4. The zero-order chi connectivity index (χ0) is 13.2. The lowest BCUT2D eigenvalue weighted by atomic mass is 10.1. The minimum atomic E-state index is -3.60. The Morgan fingerprint density at radius 2 is 2.28 bits per heavy atom. The predicted octanol–water partition coefficient (Wildman–Crippen LogP) is 1.70. The van der Waals surface area contributed by atoms with E-state index in [2.05, 4.69) is 9.71 Å². The monoisotopic (exact) mass is 310 g/mol. The van der Waals surface area contributed by atoms with Crippen molar-refractivity contribution in [3.05, 3.63) is 22.4 Å². The smallest absolute Gasteiger partial charge is 0.242 e. The fourth-order valence-electron chi connectivity index (χ4n) is 1.61. The van der Waals surface area contributed by atoms with Gasteiger partial charge in [0.15, 0.2) is 0 Å². The molecule has 5 nitrogen and oxygen atoms in total. The van der Waals surface area contributed by atoms with E-state index in [1.165, 1.54) is 12.3 Å². The van der Waals surface area contributed by atoms with Crippen molar-refractivity contribution in [2.75, 3.05) is 19.8 Å². The summed E-state index contributed by atoms with van der Waals surface area (Å²) in [6.45, 7) is 1.62. The Labute approximate surface area is 116 Å². The fourth-order valence-corrected chi connectivity index (χ4v) is 3.03. The van der Waals surface area contributed by atoms with Gasteiger partial charge in [0.2, 0.25) is 10.0 Å². The van der Waals surface area contributed by atoms with E-state index in [4.69, 9.17) is 27.9 Å². The fraction of sp³-hybridized carbons (Fsp3) is 0.500. The highest BCUT2D eigenvalue weighted by molar-refractivity contribution is 7.89. The molecule has 2 heterocycles. The topological polar surface area (TPSA) is 68.3 Å². The lowest BCUT2D eigenvalue weighted by Gasteiger charge is -2.10. The first-order valence-corrected chi connectivity index (χ1v) is 7.61. The molecule has 1 saturated heterocycles. The van der Waals surface area contributed by atoms with Gasteiger partial charge >= 0.3 is 0 Å². The summed E-state index contributed by atoms with van der Waals surface area (Å²) in [7, 11) is -3.60. The molecule has 1 aromatic heterocycles. The summed E-state index contributed by atoms with van der Waals surface area (Å²) < 4.78 is 31.6. The summed E-state index contributed by atoms with van der Waals surface area (Å²) in [6, 6.07) is 1.28. The number of ether oxygens (including phenoxy) is 1. The molecule has 0 aromatic carbocycles. The van der Waals surface area contributed by atoms with Crippen LogP contribution in [0.5, 0.6) is 0 Å². The molecule has 1 aliphatic heterocycles. The van der Waals surface area contributed by atoms with Gasteiger partial charge in [-0.05, 0) is 18.4 Å². The van der Waals surface area contributed by atoms with Crippen molar-refractivity contribution < 1.29 is 13.2 Å². The first-order chi connectivity index (χ1) is 8.49. The second-order valence-corrected chi connectivity index (χ2v) is 6.56. The Morgan fingerprint density at radius 1 is 1.50 bits per heavy atom. The standard InChI is InChI=1S/C10H12Cl2N2O3S/c11-9-3-8(5-13-10(9)12)18(15,16)14-4-7-1-2-17-6-7/h3,5,7,14H,1-2,4,6H2. The van der Waals surface area contributed by atoms with Gasteiger partial charge < -0.3 is 4.74 Å². The lowest BCUT2D eigenvalue weighted by molar-refractivity contribution is 0.186. The molecule has 1 aromatic rings. The van der Waals surface area contributed by atoms with Crippen molar-refractivity contribution in [3.63, 3.8) is 0 Å². The highest BCUT2D eigenvalue weighted by Gasteiger charge is 2.21. The highest BCUT2D eigenvalue weighted by atomic mass is 35.5. The molecule has 0 radical (unpaired) electrons. The van der Waals surface area contributed by atoms with Crippen molar-refractivity contribution in [1.82, 2.24) is 9.71 Å². The van der Waals surface area contributed by atoms with E-state index < -0.39 is 10.0 Å². The number of sulfonamides is 1. The van der Waals surface area contributed by atoms with Gasteiger partial charge in [-0.1, -0.05) is 23.2 Å². The summed E-state index contributed by atoms with van der Waals surface area (Å²) in [6.07, 6.45) is 2.05. The third kappa shape index (κ3) is 3.33. The van der Waals surface area contributed by atoms with Crippen molar-refractivity contribution in [2.24, 2.45) is 5.92 Å². The van der Waals surface area contributed by atoms with E-state index in [-0.39, 0.29) is 21.0 Å². The number of nitrogens with zero attached hydrogens (tertiary/aromatic N) is 1. The van der Waals surface area contributed by atoms with Crippen LogP contribution in [0, 0.1) is 5.92 Å². The van der Waals surface area contributed by atoms with Crippen LogP contribution in [0.15, 0.2) is 17.2 Å². The number of hydrogen-bond acceptors (Lipinski definition) is 4. The molecule has 18 heavy (non-hydrogen) atoms. The maximum Gasteiger partial charge on any atom is 0.242 e. The van der Waals surface area contributed by atoms with Crippen molar-refractivity contribution in [1.29, 1.82) is 0 Å². The number of aromatic nitrogens is 1. The van der Waals surface area contributed by atoms with Crippen LogP contribution in [0.25, 0.3) is 0 Å². The molecule has 1 atom stereocenters. The zero-order valence-electron chi connectivity index (χ0n) is 9.40. The van der Waals surface area contributed by atoms with Crippen molar-refractivity contribution >= 4 is 33.2 Å². The average molecular weight is 311 g/mol. The Kier molecular flexibility index (Phi) is 4.45. The quantitative estimate of drug-likeness (QED) is 0.860. The number of hydrogen-bond donors (Lipinski definition) is 1. The van der Waals surface area contributed by atoms with Gasteiger partial charge in [-0.3, -0.25) is 0 Å². The molecule has 0 spiro atoms. The number of nitrogens with one attached hydrogen (secondary N) is 1. The normalized spacial score (nSPS) is 20.2. The molecule has 100 valence electrons. The van der Waals surface area contributed by atoms with Crippen LogP contribution >= 0.6 is 23.2 Å². The van der Waals surface area contributed by atoms with Crippen LogP contribution in [0.2, 0.25) is 10.2 Å². The Bertz CT molecular complexity index is 530. The molecule has 1 unspecified atom stereocenters. The maximum absolute atomic E-state index is 12.0. The maximum atomic E-state index is 12.0. The average Bonchev–Trinajstić information content (AvgIpc) is 2.83. The summed E-state index contributed by atoms with van der Waals surface area (Å²) in [5, 5.41) is 0.198. The molecular formula is C10H12Cl2N2O3S. The molecule has 1 N–H and O–H groups in total. The molecule has 0 amide bonds. The lowest BCUT2D eigenvalue weighted by Crippen LogP contribution is -2.29. The zero-order valence-corrected chi connectivity index (χ0v) is 11.7. The minimum absolute atomic E-state index is 0.0100. The summed E-state index contributed by atoms with van der Waals surface area (Å²) in [4.78, 5) is 3.72. The van der Waals surface area contributed by atoms with Crippen LogP contribution in [-0.2, 0) is 14.8 Å². The van der Waals surface area contributed by atoms with Gasteiger partial charge in [0.1, 0.15) is 10.0 Å². The molecule has 1 aliphatic rings. The van der Waals surface area contributed by atoms with Crippen LogP contribution < -0.4 is 4.72 Å². The number of pyridine rings is 1. The Balaban J connectivity index is 2.07. The molecule has 0 saturated carbocycles. The minimum Gasteiger partial charge on any atom is -0.381 e. The van der Waals surface area contributed by atoms with E-state index in [1.54, 1.807) is 0 Å². The summed E-state index contributed by atoms with van der Waals surface area (Å²) in [5.74, 6) is 0.218. The van der Waals surface area contributed by atoms with Crippen LogP contribution in [0.1, 0.15) is 6.42 Å². The van der Waals surface area contributed by atoms with Crippen LogP contribution in [0.3, 0.4) is 0 Å². The molecule has 0 bridgehead atoms. The van der Waals surface area contributed by atoms with Crippen molar-refractivity contribution in [2.45, 2.75) is 11.3 Å². The van der Waals surface area contributed by atoms with E-state index in [0.717, 1.165) is 6.42 Å². The second-order valence-electron chi connectivity index (χ2n) is 4.03. The SMILES string of the molecule is O=S(=O)(NCC1CCOC1)c1cnc(Cl)c(Cl)c1. The molecule has 2 rings (SSSR count). The summed E-state index contributed by atoms with van der Waals surface area (Å²) in [5.41, 5.74) is 0. The molecule has 0 aliphatic carbocycles. The highest BCUT2D eigenvalue weighted by Crippen LogP contribution is 2.22. The first kappa shape index (κ1) is 14.0. The Hall–Kier alpha value is -0.400. The number of rotatable bonds is 4. The third-order valence-electron chi connectivity index (χ3n) is 2.67. The van der Waals surface area contributed by atoms with Crippen molar-refractivity contribution in [3.8, 4) is 0 Å². The second kappa shape index (κ2) is 5.71. The molecule has 8 heteroatoms. The third-order valence-corrected chi connectivity index (χ3v) is 4.74. The van der Waals surface area contributed by atoms with E-state index in [9.17, 15) is 8.42 Å². The number of halogens is 2. The predicted molar refractivity (Wildman–Crippen MR) is 68.4 cm³/mol. The van der Waals surface area contributed by atoms with Crippen LogP contribution in [-0.4, -0.2) is 33.2 Å². The largest absolute Gasteiger partial charge is 0.381 e. The van der Waals surface area contributed by atoms with Gasteiger partial charge in [-0.2, -0.15) is 0 Å². The van der Waals surface area contributed by atoms with Crippen LogP contribution in [0.4, 0.5) is 0 Å². The van der Waals surface area contributed by atoms with E-state index in [1.807, 2.05) is 0 Å². The van der Waals surface area contributed by atoms with Gasteiger partial charge in [-0.25, -0.2) is 18.1 Å². The first-order valence-electron chi connectivity index (χ1n) is 5.37. The van der Waals surface area contributed by atoms with Gasteiger partial charge in [-0.15, -0.1) is 0 Å². The Morgan fingerprint density at radius 3 is 2.89 bits per heavy atom.